The predicted octanol–water partition coefficient (Wildman–Crippen LogP) is 3.91. The van der Waals surface area contributed by atoms with E-state index >= 15 is 0 Å². The molecule has 2 N–H and O–H groups in total. The van der Waals surface area contributed by atoms with Crippen LogP contribution in [0.4, 0.5) is 15.8 Å². The molecule has 0 saturated carbocycles. The highest BCUT2D eigenvalue weighted by Crippen LogP contribution is 2.20. The lowest BCUT2D eigenvalue weighted by Gasteiger charge is -2.08. The van der Waals surface area contributed by atoms with Crippen molar-refractivity contribution in [3.63, 3.8) is 0 Å². The zero-order valence-corrected chi connectivity index (χ0v) is 15.3. The van der Waals surface area contributed by atoms with Gasteiger partial charge in [0.25, 0.3) is 5.91 Å². The van der Waals surface area contributed by atoms with E-state index in [9.17, 15) is 14.0 Å². The van der Waals surface area contributed by atoms with E-state index in [0.717, 1.165) is 0 Å². The molecule has 8 heteroatoms. The van der Waals surface area contributed by atoms with Crippen LogP contribution < -0.4 is 15.4 Å². The summed E-state index contributed by atoms with van der Waals surface area (Å²) in [6.45, 7) is 3.08. The molecule has 1 heterocycles. The maximum absolute atomic E-state index is 13.3. The number of ether oxygens (including phenoxy) is 1. The highest BCUT2D eigenvalue weighted by atomic mass is 19.1. The standard InChI is InChI=1S/C20H18FN3O4/c1-12-18(11-27-17-5-3-4-14(21)10-17)19(24-28-12)20(26)23-16-8-6-15(7-9-16)22-13(2)25/h3-10H,11H2,1-2H3,(H,22,25)(H,23,26). The largest absolute Gasteiger partial charge is 0.489 e. The molecule has 0 saturated heterocycles. The maximum atomic E-state index is 13.3. The monoisotopic (exact) mass is 383 g/mol. The number of carbonyl (C=O) groups excluding carboxylic acids is 2. The zero-order valence-electron chi connectivity index (χ0n) is 15.3. The SMILES string of the molecule is CC(=O)Nc1ccc(NC(=O)c2noc(C)c2COc2cccc(F)c2)cc1. The summed E-state index contributed by atoms with van der Waals surface area (Å²) >= 11 is 0. The summed E-state index contributed by atoms with van der Waals surface area (Å²) in [5, 5.41) is 9.15. The second kappa shape index (κ2) is 8.34. The van der Waals surface area contributed by atoms with E-state index in [1.165, 1.54) is 25.1 Å². The number of amides is 2. The molecule has 0 unspecified atom stereocenters. The molecule has 0 fully saturated rings. The zero-order chi connectivity index (χ0) is 20.1. The third-order valence-electron chi connectivity index (χ3n) is 3.84. The molecule has 0 aliphatic heterocycles. The first-order chi connectivity index (χ1) is 13.4. The quantitative estimate of drug-likeness (QED) is 0.673. The van der Waals surface area contributed by atoms with Gasteiger partial charge in [-0.05, 0) is 43.3 Å². The van der Waals surface area contributed by atoms with E-state index in [-0.39, 0.29) is 18.2 Å². The number of nitrogens with one attached hydrogen (secondary N) is 2. The third-order valence-corrected chi connectivity index (χ3v) is 3.84. The number of aromatic nitrogens is 1. The van der Waals surface area contributed by atoms with Crippen molar-refractivity contribution in [1.82, 2.24) is 5.16 Å². The van der Waals surface area contributed by atoms with Crippen LogP contribution in [-0.4, -0.2) is 17.0 Å². The van der Waals surface area contributed by atoms with Gasteiger partial charge in [0.15, 0.2) is 5.69 Å². The Morgan fingerprint density at radius 2 is 1.79 bits per heavy atom. The molecule has 2 amide bonds. The van der Waals surface area contributed by atoms with Crippen LogP contribution in [0.2, 0.25) is 0 Å². The number of hydrogen-bond acceptors (Lipinski definition) is 5. The fourth-order valence-corrected chi connectivity index (χ4v) is 2.48. The highest BCUT2D eigenvalue weighted by molar-refractivity contribution is 6.04. The summed E-state index contributed by atoms with van der Waals surface area (Å²) in [7, 11) is 0. The predicted molar refractivity (Wildman–Crippen MR) is 101 cm³/mol. The van der Waals surface area contributed by atoms with Crippen LogP contribution in [-0.2, 0) is 11.4 Å². The summed E-state index contributed by atoms with van der Waals surface area (Å²) in [5.41, 5.74) is 1.69. The van der Waals surface area contributed by atoms with Gasteiger partial charge >= 0.3 is 0 Å². The second-order valence-corrected chi connectivity index (χ2v) is 6.02. The minimum absolute atomic E-state index is 0.00299. The number of anilines is 2. The Morgan fingerprint density at radius 1 is 1.11 bits per heavy atom. The van der Waals surface area contributed by atoms with Crippen molar-refractivity contribution in [2.75, 3.05) is 10.6 Å². The summed E-state index contributed by atoms with van der Waals surface area (Å²) < 4.78 is 23.9. The number of nitrogens with zero attached hydrogens (tertiary/aromatic N) is 1. The van der Waals surface area contributed by atoms with Gasteiger partial charge in [0, 0.05) is 24.4 Å². The average molecular weight is 383 g/mol. The summed E-state index contributed by atoms with van der Waals surface area (Å²) in [5.74, 6) is -0.303. The Morgan fingerprint density at radius 3 is 2.43 bits per heavy atom. The average Bonchev–Trinajstić information content (AvgIpc) is 3.02. The van der Waals surface area contributed by atoms with Gasteiger partial charge in [-0.1, -0.05) is 11.2 Å². The Balaban J connectivity index is 1.69. The third kappa shape index (κ3) is 4.73. The van der Waals surface area contributed by atoms with Crippen LogP contribution in [0, 0.1) is 12.7 Å². The van der Waals surface area contributed by atoms with Crippen molar-refractivity contribution >= 4 is 23.2 Å². The van der Waals surface area contributed by atoms with E-state index in [1.807, 2.05) is 0 Å². The van der Waals surface area contributed by atoms with Gasteiger partial charge in [-0.25, -0.2) is 4.39 Å². The van der Waals surface area contributed by atoms with Crippen LogP contribution in [0.25, 0.3) is 0 Å². The lowest BCUT2D eigenvalue weighted by molar-refractivity contribution is -0.114. The maximum Gasteiger partial charge on any atom is 0.278 e. The molecule has 3 rings (SSSR count). The number of benzene rings is 2. The van der Waals surface area contributed by atoms with Crippen molar-refractivity contribution < 1.29 is 23.2 Å². The van der Waals surface area contributed by atoms with Crippen LogP contribution in [0.3, 0.4) is 0 Å². The summed E-state index contributed by atoms with van der Waals surface area (Å²) in [6, 6.07) is 12.3. The molecule has 0 aliphatic carbocycles. The molecule has 2 aromatic carbocycles. The Labute approximate surface area is 160 Å². The topological polar surface area (TPSA) is 93.5 Å². The molecule has 0 spiro atoms. The van der Waals surface area contributed by atoms with Gasteiger partial charge in [-0.15, -0.1) is 0 Å². The first-order valence-corrected chi connectivity index (χ1v) is 8.45. The molecule has 28 heavy (non-hydrogen) atoms. The molecule has 0 bridgehead atoms. The molecule has 0 radical (unpaired) electrons. The molecule has 7 nitrogen and oxygen atoms in total. The summed E-state index contributed by atoms with van der Waals surface area (Å²) in [4.78, 5) is 23.6. The normalized spacial score (nSPS) is 10.4. The first-order valence-electron chi connectivity index (χ1n) is 8.45. The molecular weight excluding hydrogens is 365 g/mol. The first kappa shape index (κ1) is 19.1. The minimum atomic E-state index is -0.470. The van der Waals surface area contributed by atoms with Gasteiger partial charge in [0.1, 0.15) is 23.9 Å². The van der Waals surface area contributed by atoms with Crippen molar-refractivity contribution in [2.45, 2.75) is 20.5 Å². The lowest BCUT2D eigenvalue weighted by Crippen LogP contribution is -2.15. The van der Waals surface area contributed by atoms with Gasteiger partial charge in [0.2, 0.25) is 5.91 Å². The summed E-state index contributed by atoms with van der Waals surface area (Å²) in [6.07, 6.45) is 0. The lowest BCUT2D eigenvalue weighted by atomic mass is 10.2. The second-order valence-electron chi connectivity index (χ2n) is 6.02. The Bertz CT molecular complexity index is 999. The fraction of sp³-hybridized carbons (Fsp3) is 0.150. The molecule has 1 aromatic heterocycles. The van der Waals surface area contributed by atoms with E-state index in [1.54, 1.807) is 37.3 Å². The number of carbonyl (C=O) groups is 2. The fourth-order valence-electron chi connectivity index (χ4n) is 2.48. The van der Waals surface area contributed by atoms with E-state index in [4.69, 9.17) is 9.26 Å². The number of halogens is 1. The van der Waals surface area contributed by atoms with E-state index in [0.29, 0.717) is 28.4 Å². The van der Waals surface area contributed by atoms with Crippen LogP contribution >= 0.6 is 0 Å². The minimum Gasteiger partial charge on any atom is -0.489 e. The van der Waals surface area contributed by atoms with Crippen LogP contribution in [0.5, 0.6) is 5.75 Å². The van der Waals surface area contributed by atoms with Crippen molar-refractivity contribution in [3.8, 4) is 5.75 Å². The molecule has 0 aliphatic rings. The van der Waals surface area contributed by atoms with Gasteiger partial charge in [0.05, 0.1) is 5.56 Å². The number of hydrogen-bond donors (Lipinski definition) is 2. The van der Waals surface area contributed by atoms with Gasteiger partial charge in [-0.2, -0.15) is 0 Å². The van der Waals surface area contributed by atoms with Crippen LogP contribution in [0.1, 0.15) is 28.7 Å². The van der Waals surface area contributed by atoms with E-state index in [2.05, 4.69) is 15.8 Å². The molecule has 3 aromatic rings. The number of rotatable bonds is 6. The van der Waals surface area contributed by atoms with Gasteiger partial charge < -0.3 is 19.9 Å². The molecule has 0 atom stereocenters. The van der Waals surface area contributed by atoms with Gasteiger partial charge in [-0.3, -0.25) is 9.59 Å². The Kier molecular flexibility index (Phi) is 5.69. The highest BCUT2D eigenvalue weighted by Gasteiger charge is 2.20. The molecule has 144 valence electrons. The van der Waals surface area contributed by atoms with E-state index < -0.39 is 11.7 Å². The molecular formula is C20H18FN3O4. The smallest absolute Gasteiger partial charge is 0.278 e. The van der Waals surface area contributed by atoms with Crippen molar-refractivity contribution in [3.05, 3.63) is 71.4 Å². The Hall–Kier alpha value is -3.68. The van der Waals surface area contributed by atoms with Crippen molar-refractivity contribution in [2.24, 2.45) is 0 Å². The number of aryl methyl sites for hydroxylation is 1. The van der Waals surface area contributed by atoms with Crippen molar-refractivity contribution in [1.29, 1.82) is 0 Å². The van der Waals surface area contributed by atoms with Crippen LogP contribution in [0.15, 0.2) is 53.1 Å².